The lowest BCUT2D eigenvalue weighted by Crippen LogP contribution is -2.32. The zero-order valence-corrected chi connectivity index (χ0v) is 12.2. The van der Waals surface area contributed by atoms with Crippen LogP contribution in [0.3, 0.4) is 0 Å². The molecule has 0 radical (unpaired) electrons. The number of benzene rings is 1. The fourth-order valence-electron chi connectivity index (χ4n) is 2.27. The number of rotatable bonds is 8. The molecule has 1 aromatic carbocycles. The summed E-state index contributed by atoms with van der Waals surface area (Å²) in [5.74, 6) is 0.977. The summed E-state index contributed by atoms with van der Waals surface area (Å²) in [5, 5.41) is 3.49. The first-order chi connectivity index (χ1) is 9.24. The SMILES string of the molecule is CCNC(c1ccc(OC2CC2)cc1)C(C)OCC. The third-order valence-electron chi connectivity index (χ3n) is 3.39. The Morgan fingerprint density at radius 1 is 1.21 bits per heavy atom. The maximum atomic E-state index is 5.78. The fraction of sp³-hybridized carbons (Fsp3) is 0.625. The van der Waals surface area contributed by atoms with Crippen molar-refractivity contribution in [3.63, 3.8) is 0 Å². The van der Waals surface area contributed by atoms with E-state index in [-0.39, 0.29) is 12.1 Å². The molecular formula is C16H25NO2. The zero-order valence-electron chi connectivity index (χ0n) is 12.2. The van der Waals surface area contributed by atoms with Gasteiger partial charge < -0.3 is 14.8 Å². The maximum absolute atomic E-state index is 5.78. The Kier molecular flexibility index (Phi) is 5.23. The van der Waals surface area contributed by atoms with Crippen LogP contribution in [-0.2, 0) is 4.74 Å². The molecular weight excluding hydrogens is 238 g/mol. The summed E-state index contributed by atoms with van der Waals surface area (Å²) in [6.45, 7) is 7.95. The molecule has 0 heterocycles. The minimum Gasteiger partial charge on any atom is -0.490 e. The van der Waals surface area contributed by atoms with Gasteiger partial charge in [-0.05, 0) is 50.9 Å². The van der Waals surface area contributed by atoms with Crippen LogP contribution in [0.15, 0.2) is 24.3 Å². The van der Waals surface area contributed by atoms with Crippen LogP contribution in [-0.4, -0.2) is 25.4 Å². The normalized spacial score (nSPS) is 18.1. The van der Waals surface area contributed by atoms with E-state index in [0.717, 1.165) is 18.9 Å². The van der Waals surface area contributed by atoms with Gasteiger partial charge in [0.25, 0.3) is 0 Å². The van der Waals surface area contributed by atoms with Gasteiger partial charge in [-0.15, -0.1) is 0 Å². The van der Waals surface area contributed by atoms with Gasteiger partial charge in [-0.3, -0.25) is 0 Å². The van der Waals surface area contributed by atoms with Gasteiger partial charge in [-0.25, -0.2) is 0 Å². The molecule has 3 heteroatoms. The van der Waals surface area contributed by atoms with E-state index < -0.39 is 0 Å². The number of nitrogens with one attached hydrogen (secondary N) is 1. The lowest BCUT2D eigenvalue weighted by atomic mass is 10.0. The molecule has 1 saturated carbocycles. The van der Waals surface area contributed by atoms with E-state index >= 15 is 0 Å². The minimum atomic E-state index is 0.167. The van der Waals surface area contributed by atoms with Crippen LogP contribution in [0.25, 0.3) is 0 Å². The molecule has 0 bridgehead atoms. The molecule has 0 aliphatic heterocycles. The van der Waals surface area contributed by atoms with Gasteiger partial charge in [0.1, 0.15) is 5.75 Å². The third-order valence-corrected chi connectivity index (χ3v) is 3.39. The highest BCUT2D eigenvalue weighted by Gasteiger charge is 2.24. The highest BCUT2D eigenvalue weighted by Crippen LogP contribution is 2.28. The molecule has 1 N–H and O–H groups in total. The van der Waals surface area contributed by atoms with Crippen LogP contribution >= 0.6 is 0 Å². The molecule has 106 valence electrons. The van der Waals surface area contributed by atoms with E-state index in [4.69, 9.17) is 9.47 Å². The molecule has 2 rings (SSSR count). The van der Waals surface area contributed by atoms with Crippen molar-refractivity contribution in [3.05, 3.63) is 29.8 Å². The Hall–Kier alpha value is -1.06. The Bertz CT molecular complexity index is 373. The number of hydrogen-bond acceptors (Lipinski definition) is 3. The lowest BCUT2D eigenvalue weighted by molar-refractivity contribution is 0.0476. The van der Waals surface area contributed by atoms with E-state index in [1.54, 1.807) is 0 Å². The summed E-state index contributed by atoms with van der Waals surface area (Å²) >= 11 is 0. The lowest BCUT2D eigenvalue weighted by Gasteiger charge is -2.25. The molecule has 1 aromatic rings. The minimum absolute atomic E-state index is 0.167. The first kappa shape index (κ1) is 14.4. The van der Waals surface area contributed by atoms with Crippen LogP contribution in [0.5, 0.6) is 5.75 Å². The first-order valence-electron chi connectivity index (χ1n) is 7.36. The van der Waals surface area contributed by atoms with Crippen molar-refractivity contribution in [2.24, 2.45) is 0 Å². The Labute approximate surface area is 116 Å². The first-order valence-corrected chi connectivity index (χ1v) is 7.36. The van der Waals surface area contributed by atoms with Gasteiger partial charge in [0.2, 0.25) is 0 Å². The van der Waals surface area contributed by atoms with Gasteiger partial charge in [0, 0.05) is 6.61 Å². The second-order valence-corrected chi connectivity index (χ2v) is 5.08. The average molecular weight is 263 g/mol. The second kappa shape index (κ2) is 6.92. The number of likely N-dealkylation sites (N-methyl/N-ethyl adjacent to an activating group) is 1. The van der Waals surface area contributed by atoms with Gasteiger partial charge in [-0.1, -0.05) is 19.1 Å². The van der Waals surface area contributed by atoms with Crippen LogP contribution in [0.4, 0.5) is 0 Å². The predicted molar refractivity (Wildman–Crippen MR) is 77.6 cm³/mol. The highest BCUT2D eigenvalue weighted by molar-refractivity contribution is 5.30. The third kappa shape index (κ3) is 4.22. The Balaban J connectivity index is 2.02. The Morgan fingerprint density at radius 2 is 1.89 bits per heavy atom. The van der Waals surface area contributed by atoms with Crippen molar-refractivity contribution in [2.75, 3.05) is 13.2 Å². The van der Waals surface area contributed by atoms with Crippen molar-refractivity contribution >= 4 is 0 Å². The summed E-state index contributed by atoms with van der Waals surface area (Å²) in [7, 11) is 0. The number of ether oxygens (including phenoxy) is 2. The summed E-state index contributed by atoms with van der Waals surface area (Å²) in [6.07, 6.45) is 3.02. The molecule has 2 atom stereocenters. The molecule has 1 fully saturated rings. The predicted octanol–water partition coefficient (Wildman–Crippen LogP) is 3.30. The standard InChI is InChI=1S/C16H25NO2/c1-4-17-16(12(3)18-5-2)13-6-8-14(9-7-13)19-15-10-11-15/h6-9,12,15-17H,4-5,10-11H2,1-3H3. The summed E-state index contributed by atoms with van der Waals surface area (Å²) in [5.41, 5.74) is 1.26. The summed E-state index contributed by atoms with van der Waals surface area (Å²) in [4.78, 5) is 0. The Morgan fingerprint density at radius 3 is 2.42 bits per heavy atom. The second-order valence-electron chi connectivity index (χ2n) is 5.08. The molecule has 0 amide bonds. The average Bonchev–Trinajstić information content (AvgIpc) is 3.21. The largest absolute Gasteiger partial charge is 0.490 e. The fourth-order valence-corrected chi connectivity index (χ4v) is 2.27. The van der Waals surface area contributed by atoms with Gasteiger partial charge in [-0.2, -0.15) is 0 Å². The molecule has 0 aromatic heterocycles. The molecule has 1 aliphatic carbocycles. The van der Waals surface area contributed by atoms with Crippen molar-refractivity contribution in [1.82, 2.24) is 5.32 Å². The summed E-state index contributed by atoms with van der Waals surface area (Å²) < 4.78 is 11.5. The molecule has 3 nitrogen and oxygen atoms in total. The molecule has 19 heavy (non-hydrogen) atoms. The summed E-state index contributed by atoms with van der Waals surface area (Å²) in [6, 6.07) is 8.65. The van der Waals surface area contributed by atoms with Crippen LogP contribution in [0.1, 0.15) is 45.2 Å². The van der Waals surface area contributed by atoms with Crippen LogP contribution in [0, 0.1) is 0 Å². The van der Waals surface area contributed by atoms with Crippen molar-refractivity contribution < 1.29 is 9.47 Å². The molecule has 2 unspecified atom stereocenters. The monoisotopic (exact) mass is 263 g/mol. The topological polar surface area (TPSA) is 30.5 Å². The zero-order chi connectivity index (χ0) is 13.7. The van der Waals surface area contributed by atoms with Crippen molar-refractivity contribution in [3.8, 4) is 5.75 Å². The van der Waals surface area contributed by atoms with Crippen LogP contribution < -0.4 is 10.1 Å². The molecule has 0 saturated heterocycles. The van der Waals surface area contributed by atoms with Gasteiger partial charge >= 0.3 is 0 Å². The van der Waals surface area contributed by atoms with E-state index in [1.165, 1.54) is 18.4 Å². The van der Waals surface area contributed by atoms with Crippen LogP contribution in [0.2, 0.25) is 0 Å². The highest BCUT2D eigenvalue weighted by atomic mass is 16.5. The van der Waals surface area contributed by atoms with Gasteiger partial charge in [0.05, 0.1) is 18.2 Å². The smallest absolute Gasteiger partial charge is 0.119 e. The van der Waals surface area contributed by atoms with Crippen molar-refractivity contribution in [2.45, 2.75) is 51.9 Å². The number of hydrogen-bond donors (Lipinski definition) is 1. The van der Waals surface area contributed by atoms with E-state index in [0.29, 0.717) is 6.10 Å². The quantitative estimate of drug-likeness (QED) is 0.780. The molecule has 0 spiro atoms. The van der Waals surface area contributed by atoms with Gasteiger partial charge in [0.15, 0.2) is 0 Å². The maximum Gasteiger partial charge on any atom is 0.119 e. The van der Waals surface area contributed by atoms with E-state index in [9.17, 15) is 0 Å². The van der Waals surface area contributed by atoms with E-state index in [1.807, 2.05) is 6.92 Å². The van der Waals surface area contributed by atoms with Crippen molar-refractivity contribution in [1.29, 1.82) is 0 Å². The van der Waals surface area contributed by atoms with E-state index in [2.05, 4.69) is 43.4 Å². The molecule has 1 aliphatic rings.